The number of hydrogen-bond donors (Lipinski definition) is 2. The summed E-state index contributed by atoms with van der Waals surface area (Å²) in [6, 6.07) is 3.79. The molecule has 8 nitrogen and oxygen atoms in total. The van der Waals surface area contributed by atoms with Crippen molar-refractivity contribution in [1.29, 1.82) is 0 Å². The fourth-order valence-corrected chi connectivity index (χ4v) is 3.23. The summed E-state index contributed by atoms with van der Waals surface area (Å²) >= 11 is 2.96. The zero-order chi connectivity index (χ0) is 15.1. The van der Waals surface area contributed by atoms with Crippen LogP contribution in [-0.2, 0) is 19.7 Å². The number of halogens is 1. The predicted molar refractivity (Wildman–Crippen MR) is 71.1 cm³/mol. The molecule has 20 heavy (non-hydrogen) atoms. The van der Waals surface area contributed by atoms with E-state index in [0.717, 1.165) is 11.1 Å². The highest BCUT2D eigenvalue weighted by Crippen LogP contribution is 2.34. The minimum Gasteiger partial charge on any atom is -0.477 e. The van der Waals surface area contributed by atoms with Crippen LogP contribution in [0.1, 0.15) is 6.42 Å². The van der Waals surface area contributed by atoms with Crippen LogP contribution in [0.5, 0.6) is 0 Å². The van der Waals surface area contributed by atoms with Crippen LogP contribution in [-0.4, -0.2) is 35.7 Å². The van der Waals surface area contributed by atoms with Gasteiger partial charge in [0.05, 0.1) is 16.6 Å². The second-order valence-corrected chi connectivity index (χ2v) is 5.98. The van der Waals surface area contributed by atoms with E-state index in [4.69, 9.17) is 9.66 Å². The monoisotopic (exact) mass is 362 g/mol. The molecule has 1 aromatic carbocycles. The van der Waals surface area contributed by atoms with Crippen LogP contribution in [0.15, 0.2) is 32.7 Å². The molecule has 10 heteroatoms. The van der Waals surface area contributed by atoms with Gasteiger partial charge in [0.25, 0.3) is 16.0 Å². The van der Waals surface area contributed by atoms with E-state index in [0.29, 0.717) is 0 Å². The molecule has 1 aromatic rings. The van der Waals surface area contributed by atoms with Crippen molar-refractivity contribution in [3.8, 4) is 0 Å². The Labute approximate surface area is 121 Å². The molecule has 106 valence electrons. The zero-order valence-electron chi connectivity index (χ0n) is 9.65. The number of carboxylic acids is 1. The van der Waals surface area contributed by atoms with Crippen molar-refractivity contribution in [3.05, 3.63) is 22.7 Å². The van der Waals surface area contributed by atoms with Gasteiger partial charge in [-0.1, -0.05) is 6.07 Å². The molecule has 0 unspecified atom stereocenters. The molecule has 0 aliphatic carbocycles. The summed E-state index contributed by atoms with van der Waals surface area (Å²) in [4.78, 5) is 22.1. The standard InChI is InChI=1S/C10H7BrN2O6S/c11-9-6(2-1-3-7(9)20(17,18)19)13-8(14)4-5(12-13)10(15)16/h1-3H,4H2,(H,15,16)(H,17,18,19). The number of carbonyl (C=O) groups excluding carboxylic acids is 1. The van der Waals surface area contributed by atoms with Gasteiger partial charge >= 0.3 is 5.97 Å². The molecule has 0 saturated heterocycles. The van der Waals surface area contributed by atoms with Crippen LogP contribution >= 0.6 is 15.9 Å². The highest BCUT2D eigenvalue weighted by molar-refractivity contribution is 9.10. The Bertz CT molecular complexity index is 742. The third-order valence-electron chi connectivity index (χ3n) is 2.47. The zero-order valence-corrected chi connectivity index (χ0v) is 12.0. The molecule has 1 amide bonds. The number of anilines is 1. The number of carbonyl (C=O) groups is 2. The summed E-state index contributed by atoms with van der Waals surface area (Å²) in [6.07, 6.45) is -0.391. The first-order chi connectivity index (χ1) is 9.21. The number of aliphatic carboxylic acids is 1. The molecule has 2 N–H and O–H groups in total. The largest absolute Gasteiger partial charge is 0.477 e. The lowest BCUT2D eigenvalue weighted by Gasteiger charge is -2.14. The van der Waals surface area contributed by atoms with Crippen LogP contribution in [0.4, 0.5) is 5.69 Å². The van der Waals surface area contributed by atoms with E-state index in [9.17, 15) is 18.0 Å². The van der Waals surface area contributed by atoms with E-state index in [1.54, 1.807) is 0 Å². The van der Waals surface area contributed by atoms with Crippen LogP contribution in [0.3, 0.4) is 0 Å². The second kappa shape index (κ2) is 4.96. The van der Waals surface area contributed by atoms with Gasteiger partial charge < -0.3 is 5.11 Å². The van der Waals surface area contributed by atoms with Crippen molar-refractivity contribution >= 4 is 49.3 Å². The number of carboxylic acid groups (broad SMARTS) is 1. The normalized spacial score (nSPS) is 15.4. The topological polar surface area (TPSA) is 124 Å². The Morgan fingerprint density at radius 3 is 2.55 bits per heavy atom. The first-order valence-corrected chi connectivity index (χ1v) is 7.35. The fourth-order valence-electron chi connectivity index (χ4n) is 1.60. The molecule has 0 atom stereocenters. The van der Waals surface area contributed by atoms with Gasteiger partial charge in [-0.25, -0.2) is 4.79 Å². The smallest absolute Gasteiger partial charge is 0.352 e. The Morgan fingerprint density at radius 1 is 1.40 bits per heavy atom. The summed E-state index contributed by atoms with van der Waals surface area (Å²) in [7, 11) is -4.48. The highest BCUT2D eigenvalue weighted by atomic mass is 79.9. The van der Waals surface area contributed by atoms with E-state index in [2.05, 4.69) is 21.0 Å². The summed E-state index contributed by atoms with van der Waals surface area (Å²) in [5, 5.41) is 13.2. The summed E-state index contributed by atoms with van der Waals surface area (Å²) in [5.41, 5.74) is -0.319. The number of nitrogens with zero attached hydrogens (tertiary/aromatic N) is 2. The third-order valence-corrected chi connectivity index (χ3v) is 4.46. The Kier molecular flexibility index (Phi) is 3.63. The number of benzene rings is 1. The summed E-state index contributed by atoms with van der Waals surface area (Å²) in [6.45, 7) is 0. The van der Waals surface area contributed by atoms with Crippen molar-refractivity contribution in [2.45, 2.75) is 11.3 Å². The molecule has 0 aromatic heterocycles. The molecule has 0 bridgehead atoms. The van der Waals surface area contributed by atoms with Gasteiger partial charge in [-0.15, -0.1) is 0 Å². The molecule has 1 heterocycles. The van der Waals surface area contributed by atoms with Crippen molar-refractivity contribution in [1.82, 2.24) is 0 Å². The maximum atomic E-state index is 11.7. The SMILES string of the molecule is O=C(O)C1=NN(c2cccc(S(=O)(=O)O)c2Br)C(=O)C1. The molecular formula is C10H7BrN2O6S. The summed E-state index contributed by atoms with van der Waals surface area (Å²) < 4.78 is 31.3. The molecule has 0 radical (unpaired) electrons. The number of amides is 1. The number of hydrazone groups is 1. The Hall–Kier alpha value is -1.78. The van der Waals surface area contributed by atoms with Crippen LogP contribution in [0, 0.1) is 0 Å². The molecule has 0 fully saturated rings. The lowest BCUT2D eigenvalue weighted by atomic mass is 10.2. The average molecular weight is 363 g/mol. The van der Waals surface area contributed by atoms with Gasteiger partial charge in [-0.2, -0.15) is 18.5 Å². The molecule has 1 aliphatic rings. The number of rotatable bonds is 3. The molecule has 0 spiro atoms. The first kappa shape index (κ1) is 14.6. The predicted octanol–water partition coefficient (Wildman–Crippen LogP) is 0.873. The van der Waals surface area contributed by atoms with Gasteiger partial charge in [0.1, 0.15) is 4.90 Å². The third kappa shape index (κ3) is 2.57. The molecule has 2 rings (SSSR count). The lowest BCUT2D eigenvalue weighted by molar-refractivity contribution is -0.129. The molecule has 0 saturated carbocycles. The second-order valence-electron chi connectivity index (χ2n) is 3.80. The Morgan fingerprint density at radius 2 is 2.05 bits per heavy atom. The lowest BCUT2D eigenvalue weighted by Crippen LogP contribution is -2.20. The van der Waals surface area contributed by atoms with E-state index in [-0.39, 0.29) is 15.9 Å². The van der Waals surface area contributed by atoms with Gasteiger partial charge in [0.2, 0.25) is 0 Å². The van der Waals surface area contributed by atoms with Crippen molar-refractivity contribution in [2.75, 3.05) is 5.01 Å². The van der Waals surface area contributed by atoms with Gasteiger partial charge in [0, 0.05) is 0 Å². The van der Waals surface area contributed by atoms with Crippen LogP contribution < -0.4 is 5.01 Å². The Balaban J connectivity index is 2.55. The van der Waals surface area contributed by atoms with Crippen LogP contribution in [0.2, 0.25) is 0 Å². The van der Waals surface area contributed by atoms with E-state index in [1.807, 2.05) is 0 Å². The van der Waals surface area contributed by atoms with Crippen molar-refractivity contribution < 1.29 is 27.7 Å². The van der Waals surface area contributed by atoms with E-state index >= 15 is 0 Å². The van der Waals surface area contributed by atoms with Crippen LogP contribution in [0.25, 0.3) is 0 Å². The average Bonchev–Trinajstić information content (AvgIpc) is 2.70. The number of hydrogen-bond acceptors (Lipinski definition) is 5. The summed E-state index contributed by atoms with van der Waals surface area (Å²) in [5.74, 6) is -1.95. The minimum atomic E-state index is -4.48. The minimum absolute atomic E-state index is 0.0291. The highest BCUT2D eigenvalue weighted by Gasteiger charge is 2.31. The fraction of sp³-hybridized carbons (Fsp3) is 0.100. The van der Waals surface area contributed by atoms with E-state index < -0.39 is 33.3 Å². The maximum absolute atomic E-state index is 11.7. The quantitative estimate of drug-likeness (QED) is 0.768. The molecular weight excluding hydrogens is 356 g/mol. The maximum Gasteiger partial charge on any atom is 0.352 e. The van der Waals surface area contributed by atoms with Gasteiger partial charge in [0.15, 0.2) is 5.71 Å². The van der Waals surface area contributed by atoms with E-state index in [1.165, 1.54) is 12.1 Å². The molecule has 1 aliphatic heterocycles. The first-order valence-electron chi connectivity index (χ1n) is 5.11. The van der Waals surface area contributed by atoms with Crippen molar-refractivity contribution in [2.24, 2.45) is 5.10 Å². The van der Waals surface area contributed by atoms with Gasteiger partial charge in [-0.05, 0) is 28.1 Å². The van der Waals surface area contributed by atoms with Gasteiger partial charge in [-0.3, -0.25) is 9.35 Å². The van der Waals surface area contributed by atoms with Crippen molar-refractivity contribution in [3.63, 3.8) is 0 Å².